The maximum atomic E-state index is 5.75. The number of pyridine rings is 1. The van der Waals surface area contributed by atoms with Crippen LogP contribution in [0.5, 0.6) is 0 Å². The van der Waals surface area contributed by atoms with E-state index in [1.54, 1.807) is 11.3 Å². The van der Waals surface area contributed by atoms with Gasteiger partial charge in [0.05, 0.1) is 6.04 Å². The average molecular weight is 269 g/mol. The maximum Gasteiger partial charge on any atom is 0.0506 e. The van der Waals surface area contributed by atoms with Gasteiger partial charge in [-0.1, -0.05) is 18.2 Å². The number of aromatic nitrogens is 1. The Morgan fingerprint density at radius 2 is 2.21 bits per heavy atom. The summed E-state index contributed by atoms with van der Waals surface area (Å²) in [7, 11) is 0. The lowest BCUT2D eigenvalue weighted by atomic mass is 9.96. The molecular weight excluding hydrogens is 254 g/mol. The van der Waals surface area contributed by atoms with E-state index in [9.17, 15) is 0 Å². The molecular formula is C15H15N3S. The van der Waals surface area contributed by atoms with Crippen molar-refractivity contribution in [3.05, 3.63) is 64.6 Å². The van der Waals surface area contributed by atoms with Crippen LogP contribution in [0.2, 0.25) is 0 Å². The molecule has 1 aromatic carbocycles. The molecule has 3 rings (SSSR count). The molecule has 0 fully saturated rings. The minimum atomic E-state index is 0.112. The number of nitrogens with zero attached hydrogens (tertiary/aromatic N) is 1. The van der Waals surface area contributed by atoms with Crippen molar-refractivity contribution in [2.45, 2.75) is 12.5 Å². The number of rotatable bonds is 4. The highest BCUT2D eigenvalue weighted by Gasteiger charge is 2.13. The minimum Gasteiger partial charge on any atom is -0.271 e. The molecule has 3 aromatic rings. The summed E-state index contributed by atoms with van der Waals surface area (Å²) in [6.07, 6.45) is 4.60. The van der Waals surface area contributed by atoms with E-state index >= 15 is 0 Å². The van der Waals surface area contributed by atoms with Gasteiger partial charge >= 0.3 is 0 Å². The van der Waals surface area contributed by atoms with E-state index in [1.807, 2.05) is 18.5 Å². The first-order chi connectivity index (χ1) is 9.38. The number of hydrazine groups is 1. The van der Waals surface area contributed by atoms with Crippen LogP contribution in [-0.4, -0.2) is 4.98 Å². The quantitative estimate of drug-likeness (QED) is 0.565. The van der Waals surface area contributed by atoms with Gasteiger partial charge in [0.1, 0.15) is 0 Å². The molecule has 19 heavy (non-hydrogen) atoms. The Morgan fingerprint density at radius 1 is 1.26 bits per heavy atom. The molecule has 0 spiro atoms. The van der Waals surface area contributed by atoms with Crippen LogP contribution in [-0.2, 0) is 6.42 Å². The van der Waals surface area contributed by atoms with Gasteiger partial charge in [-0.3, -0.25) is 16.3 Å². The average Bonchev–Trinajstić information content (AvgIpc) is 2.97. The highest BCUT2D eigenvalue weighted by Crippen LogP contribution is 2.26. The molecule has 0 saturated heterocycles. The Morgan fingerprint density at radius 3 is 3.00 bits per heavy atom. The zero-order valence-electron chi connectivity index (χ0n) is 10.4. The molecule has 96 valence electrons. The highest BCUT2D eigenvalue weighted by molar-refractivity contribution is 7.07. The summed E-state index contributed by atoms with van der Waals surface area (Å²) in [6.45, 7) is 0. The second-order valence-corrected chi connectivity index (χ2v) is 5.28. The zero-order chi connectivity index (χ0) is 13.1. The van der Waals surface area contributed by atoms with Crippen molar-refractivity contribution in [2.24, 2.45) is 5.84 Å². The summed E-state index contributed by atoms with van der Waals surface area (Å²) in [4.78, 5) is 4.16. The van der Waals surface area contributed by atoms with Crippen molar-refractivity contribution in [3.63, 3.8) is 0 Å². The van der Waals surface area contributed by atoms with Crippen LogP contribution in [0.25, 0.3) is 10.8 Å². The van der Waals surface area contributed by atoms with Gasteiger partial charge in [-0.15, -0.1) is 0 Å². The molecule has 0 aliphatic rings. The van der Waals surface area contributed by atoms with Crippen LogP contribution in [0.3, 0.4) is 0 Å². The number of nitrogens with one attached hydrogen (secondary N) is 1. The third-order valence-electron chi connectivity index (χ3n) is 3.31. The van der Waals surface area contributed by atoms with Gasteiger partial charge in [0.2, 0.25) is 0 Å². The molecule has 3 N–H and O–H groups in total. The van der Waals surface area contributed by atoms with Crippen molar-refractivity contribution in [2.75, 3.05) is 0 Å². The van der Waals surface area contributed by atoms with E-state index < -0.39 is 0 Å². The first-order valence-electron chi connectivity index (χ1n) is 6.18. The smallest absolute Gasteiger partial charge is 0.0506 e. The van der Waals surface area contributed by atoms with Gasteiger partial charge in [0, 0.05) is 17.8 Å². The van der Waals surface area contributed by atoms with Gasteiger partial charge in [-0.25, -0.2) is 0 Å². The number of benzene rings is 1. The predicted molar refractivity (Wildman–Crippen MR) is 79.8 cm³/mol. The van der Waals surface area contributed by atoms with E-state index in [1.165, 1.54) is 16.5 Å². The Hall–Kier alpha value is -1.75. The van der Waals surface area contributed by atoms with Crippen molar-refractivity contribution >= 4 is 22.1 Å². The molecule has 0 radical (unpaired) electrons. The molecule has 1 unspecified atom stereocenters. The monoisotopic (exact) mass is 269 g/mol. The fourth-order valence-electron chi connectivity index (χ4n) is 2.35. The second-order valence-electron chi connectivity index (χ2n) is 4.50. The summed E-state index contributed by atoms with van der Waals surface area (Å²) < 4.78 is 0. The SMILES string of the molecule is NNC(Cc1ccsc1)c1cccc2cnccc12. The Balaban J connectivity index is 2.01. The van der Waals surface area contributed by atoms with Crippen LogP contribution in [0.1, 0.15) is 17.2 Å². The van der Waals surface area contributed by atoms with Crippen LogP contribution >= 0.6 is 11.3 Å². The maximum absolute atomic E-state index is 5.75. The van der Waals surface area contributed by atoms with Gasteiger partial charge in [0.15, 0.2) is 0 Å². The molecule has 3 nitrogen and oxygen atoms in total. The third kappa shape index (κ3) is 2.51. The summed E-state index contributed by atoms with van der Waals surface area (Å²) in [5, 5.41) is 6.61. The van der Waals surface area contributed by atoms with Crippen molar-refractivity contribution in [1.82, 2.24) is 10.4 Å². The number of thiophene rings is 1. The van der Waals surface area contributed by atoms with E-state index in [0.29, 0.717) is 0 Å². The lowest BCUT2D eigenvalue weighted by Crippen LogP contribution is -2.29. The van der Waals surface area contributed by atoms with Crippen LogP contribution in [0, 0.1) is 0 Å². The molecule has 0 amide bonds. The normalized spacial score (nSPS) is 12.7. The number of nitrogens with two attached hydrogens (primary N) is 1. The van der Waals surface area contributed by atoms with E-state index in [-0.39, 0.29) is 6.04 Å². The Labute approximate surface area is 116 Å². The Bertz CT molecular complexity index is 659. The first kappa shape index (κ1) is 12.3. The summed E-state index contributed by atoms with van der Waals surface area (Å²) in [5.41, 5.74) is 5.45. The first-order valence-corrected chi connectivity index (χ1v) is 7.12. The predicted octanol–water partition coefficient (Wildman–Crippen LogP) is 3.04. The van der Waals surface area contributed by atoms with E-state index in [0.717, 1.165) is 11.8 Å². The molecule has 0 aliphatic heterocycles. The van der Waals surface area contributed by atoms with Crippen LogP contribution < -0.4 is 11.3 Å². The molecule has 2 heterocycles. The van der Waals surface area contributed by atoms with Crippen LogP contribution in [0.4, 0.5) is 0 Å². The number of fused-ring (bicyclic) bond motifs is 1. The van der Waals surface area contributed by atoms with Crippen LogP contribution in [0.15, 0.2) is 53.5 Å². The zero-order valence-corrected chi connectivity index (χ0v) is 11.2. The lowest BCUT2D eigenvalue weighted by Gasteiger charge is -2.17. The highest BCUT2D eigenvalue weighted by atomic mass is 32.1. The fourth-order valence-corrected chi connectivity index (χ4v) is 3.04. The number of hydrogen-bond donors (Lipinski definition) is 2. The Kier molecular flexibility index (Phi) is 3.55. The van der Waals surface area contributed by atoms with Crippen molar-refractivity contribution in [1.29, 1.82) is 0 Å². The summed E-state index contributed by atoms with van der Waals surface area (Å²) >= 11 is 1.71. The molecule has 0 bridgehead atoms. The largest absolute Gasteiger partial charge is 0.271 e. The van der Waals surface area contributed by atoms with E-state index in [2.05, 4.69) is 45.4 Å². The van der Waals surface area contributed by atoms with Gasteiger partial charge in [-0.05, 0) is 45.8 Å². The molecule has 2 aromatic heterocycles. The van der Waals surface area contributed by atoms with Gasteiger partial charge in [0.25, 0.3) is 0 Å². The van der Waals surface area contributed by atoms with Gasteiger partial charge in [-0.2, -0.15) is 11.3 Å². The van der Waals surface area contributed by atoms with Crippen molar-refractivity contribution < 1.29 is 0 Å². The van der Waals surface area contributed by atoms with Crippen molar-refractivity contribution in [3.8, 4) is 0 Å². The lowest BCUT2D eigenvalue weighted by molar-refractivity contribution is 0.556. The molecule has 0 aliphatic carbocycles. The minimum absolute atomic E-state index is 0.112. The topological polar surface area (TPSA) is 50.9 Å². The fraction of sp³-hybridized carbons (Fsp3) is 0.133. The summed E-state index contributed by atoms with van der Waals surface area (Å²) in [6, 6.07) is 10.5. The van der Waals surface area contributed by atoms with Gasteiger partial charge < -0.3 is 0 Å². The standard InChI is InChI=1S/C15H15N3S/c16-18-15(8-11-5-7-19-10-11)14-3-1-2-12-9-17-6-4-13(12)14/h1-7,9-10,15,18H,8,16H2. The number of hydrogen-bond acceptors (Lipinski definition) is 4. The molecule has 1 atom stereocenters. The van der Waals surface area contributed by atoms with E-state index in [4.69, 9.17) is 5.84 Å². The second kappa shape index (κ2) is 5.48. The molecule has 4 heteroatoms. The third-order valence-corrected chi connectivity index (χ3v) is 4.04. The summed E-state index contributed by atoms with van der Waals surface area (Å²) in [5.74, 6) is 5.75. The molecule has 0 saturated carbocycles.